The molecular formula is C28H24N2O4S. The third kappa shape index (κ3) is 7.58. The lowest BCUT2D eigenvalue weighted by Gasteiger charge is -2.11. The molecule has 0 aromatic heterocycles. The lowest BCUT2D eigenvalue weighted by molar-refractivity contribution is 0.0977. The zero-order valence-corrected chi connectivity index (χ0v) is 19.7. The lowest BCUT2D eigenvalue weighted by Crippen LogP contribution is -2.34. The summed E-state index contributed by atoms with van der Waals surface area (Å²) in [6.45, 7) is 0.815. The zero-order valence-electron chi connectivity index (χ0n) is 18.8. The van der Waals surface area contributed by atoms with E-state index in [1.54, 1.807) is 24.3 Å². The normalized spacial score (nSPS) is 10.2. The van der Waals surface area contributed by atoms with E-state index in [4.69, 9.17) is 26.4 Å². The molecule has 6 nitrogen and oxygen atoms in total. The van der Waals surface area contributed by atoms with E-state index in [0.29, 0.717) is 30.3 Å². The highest BCUT2D eigenvalue weighted by atomic mass is 32.1. The number of nitrogens with one attached hydrogen (secondary N) is 2. The molecule has 176 valence electrons. The van der Waals surface area contributed by atoms with Gasteiger partial charge in [0, 0.05) is 11.3 Å². The van der Waals surface area contributed by atoms with Gasteiger partial charge < -0.3 is 19.5 Å². The highest BCUT2D eigenvalue weighted by Gasteiger charge is 2.09. The molecular weight excluding hydrogens is 460 g/mol. The number of para-hydroxylation sites is 2. The minimum absolute atomic E-state index is 0.199. The first kappa shape index (κ1) is 23.8. The summed E-state index contributed by atoms with van der Waals surface area (Å²) >= 11 is 5.27. The van der Waals surface area contributed by atoms with Gasteiger partial charge in [-0.1, -0.05) is 36.4 Å². The molecule has 0 aliphatic carbocycles. The van der Waals surface area contributed by atoms with Crippen LogP contribution in [-0.4, -0.2) is 24.2 Å². The maximum absolute atomic E-state index is 12.5. The summed E-state index contributed by atoms with van der Waals surface area (Å²) in [5.74, 6) is 2.59. The number of carbonyl (C=O) groups is 1. The number of ether oxygens (including phenoxy) is 3. The van der Waals surface area contributed by atoms with Crippen LogP contribution in [0.1, 0.15) is 10.4 Å². The molecule has 4 aromatic carbocycles. The topological polar surface area (TPSA) is 68.8 Å². The fourth-order valence-electron chi connectivity index (χ4n) is 3.11. The van der Waals surface area contributed by atoms with Crippen LogP contribution in [0.2, 0.25) is 0 Å². The second-order valence-corrected chi connectivity index (χ2v) is 7.79. The minimum atomic E-state index is -0.314. The van der Waals surface area contributed by atoms with Crippen molar-refractivity contribution in [1.82, 2.24) is 5.32 Å². The van der Waals surface area contributed by atoms with Crippen molar-refractivity contribution in [2.24, 2.45) is 0 Å². The van der Waals surface area contributed by atoms with Crippen LogP contribution in [0.25, 0.3) is 0 Å². The summed E-state index contributed by atoms with van der Waals surface area (Å²) in [6.07, 6.45) is 0. The van der Waals surface area contributed by atoms with Crippen LogP contribution in [0.15, 0.2) is 109 Å². The Hall–Kier alpha value is -4.36. The van der Waals surface area contributed by atoms with Crippen molar-refractivity contribution in [2.45, 2.75) is 0 Å². The van der Waals surface area contributed by atoms with Crippen LogP contribution in [-0.2, 0) is 0 Å². The Morgan fingerprint density at radius 2 is 1.11 bits per heavy atom. The third-order valence-electron chi connectivity index (χ3n) is 4.80. The smallest absolute Gasteiger partial charge is 0.257 e. The lowest BCUT2D eigenvalue weighted by atomic mass is 10.2. The van der Waals surface area contributed by atoms with E-state index < -0.39 is 0 Å². The minimum Gasteiger partial charge on any atom is -0.490 e. The van der Waals surface area contributed by atoms with Crippen molar-refractivity contribution < 1.29 is 19.0 Å². The molecule has 0 aliphatic heterocycles. The molecule has 0 fully saturated rings. The molecule has 0 spiro atoms. The Bertz CT molecular complexity index is 1230. The average Bonchev–Trinajstić information content (AvgIpc) is 2.89. The van der Waals surface area contributed by atoms with Gasteiger partial charge in [-0.2, -0.15) is 0 Å². The van der Waals surface area contributed by atoms with Crippen LogP contribution >= 0.6 is 12.2 Å². The van der Waals surface area contributed by atoms with Gasteiger partial charge in [-0.3, -0.25) is 10.1 Å². The first-order valence-corrected chi connectivity index (χ1v) is 11.4. The molecule has 2 N–H and O–H groups in total. The van der Waals surface area contributed by atoms with Crippen molar-refractivity contribution in [3.05, 3.63) is 115 Å². The molecule has 0 radical (unpaired) electrons. The zero-order chi connectivity index (χ0) is 24.3. The van der Waals surface area contributed by atoms with E-state index in [-0.39, 0.29) is 11.0 Å². The summed E-state index contributed by atoms with van der Waals surface area (Å²) in [4.78, 5) is 12.5. The van der Waals surface area contributed by atoms with Crippen molar-refractivity contribution >= 4 is 28.9 Å². The summed E-state index contributed by atoms with van der Waals surface area (Å²) in [5.41, 5.74) is 1.20. The molecule has 0 unspecified atom stereocenters. The van der Waals surface area contributed by atoms with E-state index in [1.165, 1.54) is 0 Å². The fraction of sp³-hybridized carbons (Fsp3) is 0.0714. The number of benzene rings is 4. The molecule has 0 saturated heterocycles. The maximum Gasteiger partial charge on any atom is 0.257 e. The number of anilines is 1. The summed E-state index contributed by atoms with van der Waals surface area (Å²) < 4.78 is 17.0. The van der Waals surface area contributed by atoms with E-state index in [0.717, 1.165) is 17.2 Å². The summed E-state index contributed by atoms with van der Waals surface area (Å²) in [7, 11) is 0. The molecule has 1 amide bonds. The van der Waals surface area contributed by atoms with E-state index in [2.05, 4.69) is 10.6 Å². The Morgan fingerprint density at radius 3 is 1.71 bits per heavy atom. The molecule has 0 bridgehead atoms. The van der Waals surface area contributed by atoms with Gasteiger partial charge in [0.1, 0.15) is 36.2 Å². The van der Waals surface area contributed by atoms with Crippen LogP contribution in [0.5, 0.6) is 23.0 Å². The molecule has 0 atom stereocenters. The van der Waals surface area contributed by atoms with Gasteiger partial charge >= 0.3 is 0 Å². The van der Waals surface area contributed by atoms with Gasteiger partial charge in [-0.25, -0.2) is 0 Å². The highest BCUT2D eigenvalue weighted by molar-refractivity contribution is 7.80. The largest absolute Gasteiger partial charge is 0.490 e. The molecule has 4 rings (SSSR count). The van der Waals surface area contributed by atoms with Crippen LogP contribution < -0.4 is 24.8 Å². The van der Waals surface area contributed by atoms with Gasteiger partial charge in [0.05, 0.1) is 0 Å². The number of hydrogen-bond donors (Lipinski definition) is 2. The summed E-state index contributed by atoms with van der Waals surface area (Å²) in [6, 6.07) is 33.2. The van der Waals surface area contributed by atoms with Gasteiger partial charge in [-0.05, 0) is 85.0 Å². The van der Waals surface area contributed by atoms with E-state index in [9.17, 15) is 4.79 Å². The van der Waals surface area contributed by atoms with Crippen LogP contribution in [0, 0.1) is 0 Å². The Balaban J connectivity index is 1.20. The average molecular weight is 485 g/mol. The maximum atomic E-state index is 12.5. The second-order valence-electron chi connectivity index (χ2n) is 7.38. The number of hydrogen-bond acceptors (Lipinski definition) is 5. The van der Waals surface area contributed by atoms with Gasteiger partial charge in [0.15, 0.2) is 5.11 Å². The van der Waals surface area contributed by atoms with Crippen molar-refractivity contribution in [3.8, 4) is 23.0 Å². The summed E-state index contributed by atoms with van der Waals surface area (Å²) in [5, 5.41) is 5.88. The first-order chi connectivity index (χ1) is 17.2. The Kier molecular flexibility index (Phi) is 8.29. The molecule has 0 heterocycles. The SMILES string of the molecule is O=C(NC(=S)Nc1ccc(Oc2ccccc2)cc1)c1ccc(OCCOc2ccccc2)cc1. The van der Waals surface area contributed by atoms with Gasteiger partial charge in [0.25, 0.3) is 5.91 Å². The number of amides is 1. The highest BCUT2D eigenvalue weighted by Crippen LogP contribution is 2.22. The third-order valence-corrected chi connectivity index (χ3v) is 5.00. The predicted molar refractivity (Wildman–Crippen MR) is 141 cm³/mol. The monoisotopic (exact) mass is 484 g/mol. The number of rotatable bonds is 9. The van der Waals surface area contributed by atoms with Crippen molar-refractivity contribution in [1.29, 1.82) is 0 Å². The Labute approximate surface area is 209 Å². The standard InChI is InChI=1S/C28H24N2O4S/c31-27(21-11-15-24(16-12-21)33-20-19-32-23-7-3-1-4-8-23)30-28(35)29-22-13-17-26(18-14-22)34-25-9-5-2-6-10-25/h1-18H,19-20H2,(H2,29,30,31,35). The quantitative estimate of drug-likeness (QED) is 0.222. The van der Waals surface area contributed by atoms with E-state index >= 15 is 0 Å². The van der Waals surface area contributed by atoms with Crippen molar-refractivity contribution in [2.75, 3.05) is 18.5 Å². The van der Waals surface area contributed by atoms with Crippen molar-refractivity contribution in [3.63, 3.8) is 0 Å². The number of thiocarbonyl (C=S) groups is 1. The van der Waals surface area contributed by atoms with Gasteiger partial charge in [-0.15, -0.1) is 0 Å². The van der Waals surface area contributed by atoms with E-state index in [1.807, 2.05) is 84.9 Å². The molecule has 4 aromatic rings. The first-order valence-electron chi connectivity index (χ1n) is 11.0. The molecule has 35 heavy (non-hydrogen) atoms. The Morgan fingerprint density at radius 1 is 0.629 bits per heavy atom. The predicted octanol–water partition coefficient (Wildman–Crippen LogP) is 6.06. The van der Waals surface area contributed by atoms with Crippen LogP contribution in [0.3, 0.4) is 0 Å². The second kappa shape index (κ2) is 12.2. The fourth-order valence-corrected chi connectivity index (χ4v) is 3.32. The van der Waals surface area contributed by atoms with Gasteiger partial charge in [0.2, 0.25) is 0 Å². The molecule has 7 heteroatoms. The molecule has 0 aliphatic rings. The number of carbonyl (C=O) groups excluding carboxylic acids is 1. The van der Waals surface area contributed by atoms with Crippen LogP contribution in [0.4, 0.5) is 5.69 Å². The molecule has 0 saturated carbocycles.